The largest absolute Gasteiger partial charge is 0.497 e. The van der Waals surface area contributed by atoms with Gasteiger partial charge in [0.1, 0.15) is 11.6 Å². The molecule has 0 spiro atoms. The number of rotatable bonds is 4. The fourth-order valence-electron chi connectivity index (χ4n) is 3.14. The van der Waals surface area contributed by atoms with E-state index in [1.54, 1.807) is 19.2 Å². The van der Waals surface area contributed by atoms with Gasteiger partial charge in [0.15, 0.2) is 0 Å². The molecule has 1 unspecified atom stereocenters. The van der Waals surface area contributed by atoms with Gasteiger partial charge >= 0.3 is 0 Å². The van der Waals surface area contributed by atoms with Crippen LogP contribution in [-0.4, -0.2) is 14.2 Å². The Morgan fingerprint density at radius 1 is 1.10 bits per heavy atom. The zero-order valence-electron chi connectivity index (χ0n) is 12.4. The van der Waals surface area contributed by atoms with Crippen LogP contribution >= 0.6 is 0 Å². The van der Waals surface area contributed by atoms with E-state index in [1.165, 1.54) is 23.6 Å². The van der Waals surface area contributed by atoms with Crippen molar-refractivity contribution < 1.29 is 9.13 Å². The summed E-state index contributed by atoms with van der Waals surface area (Å²) in [6.07, 6.45) is 3.52. The van der Waals surface area contributed by atoms with Gasteiger partial charge in [-0.2, -0.15) is 0 Å². The first-order valence-electron chi connectivity index (χ1n) is 7.35. The molecule has 0 radical (unpaired) electrons. The third-order valence-electron chi connectivity index (χ3n) is 4.26. The van der Waals surface area contributed by atoms with Gasteiger partial charge in [-0.1, -0.05) is 24.3 Å². The molecule has 0 saturated heterocycles. The number of hydrogen-bond acceptors (Lipinski definition) is 2. The molecule has 0 aromatic heterocycles. The van der Waals surface area contributed by atoms with Crippen molar-refractivity contribution in [2.75, 3.05) is 14.2 Å². The lowest BCUT2D eigenvalue weighted by atomic mass is 9.95. The van der Waals surface area contributed by atoms with E-state index in [9.17, 15) is 4.39 Å². The number of nitrogens with one attached hydrogen (secondary N) is 1. The normalized spacial score (nSPS) is 14.8. The highest BCUT2D eigenvalue weighted by Crippen LogP contribution is 2.30. The fourth-order valence-corrected chi connectivity index (χ4v) is 3.14. The van der Waals surface area contributed by atoms with E-state index in [1.807, 2.05) is 7.05 Å². The van der Waals surface area contributed by atoms with Crippen LogP contribution in [-0.2, 0) is 12.8 Å². The van der Waals surface area contributed by atoms with Crippen LogP contribution in [0.25, 0.3) is 0 Å². The van der Waals surface area contributed by atoms with Crippen LogP contribution in [0.2, 0.25) is 0 Å². The predicted molar refractivity (Wildman–Crippen MR) is 82.3 cm³/mol. The maximum atomic E-state index is 14.3. The van der Waals surface area contributed by atoms with Crippen LogP contribution < -0.4 is 10.1 Å². The van der Waals surface area contributed by atoms with Crippen LogP contribution in [0.5, 0.6) is 5.75 Å². The van der Waals surface area contributed by atoms with Crippen molar-refractivity contribution in [3.8, 4) is 5.75 Å². The lowest BCUT2D eigenvalue weighted by Crippen LogP contribution is -2.19. The second kappa shape index (κ2) is 5.86. The lowest BCUT2D eigenvalue weighted by Gasteiger charge is -2.19. The molecule has 1 N–H and O–H groups in total. The van der Waals surface area contributed by atoms with Gasteiger partial charge in [-0.25, -0.2) is 4.39 Å². The molecule has 21 heavy (non-hydrogen) atoms. The first-order chi connectivity index (χ1) is 10.2. The van der Waals surface area contributed by atoms with E-state index in [0.717, 1.165) is 18.4 Å². The summed E-state index contributed by atoms with van der Waals surface area (Å²) in [4.78, 5) is 0. The van der Waals surface area contributed by atoms with Crippen molar-refractivity contribution in [1.82, 2.24) is 5.32 Å². The molecule has 0 aliphatic heterocycles. The molecule has 3 heteroatoms. The Kier molecular flexibility index (Phi) is 3.93. The first-order valence-corrected chi connectivity index (χ1v) is 7.35. The smallest absolute Gasteiger partial charge is 0.132 e. The molecule has 0 fully saturated rings. The van der Waals surface area contributed by atoms with Crippen LogP contribution in [0, 0.1) is 5.82 Å². The van der Waals surface area contributed by atoms with E-state index in [4.69, 9.17) is 4.74 Å². The Balaban J connectivity index is 1.98. The molecular weight excluding hydrogens is 265 g/mol. The summed E-state index contributed by atoms with van der Waals surface area (Å²) in [5.41, 5.74) is 4.60. The third kappa shape index (κ3) is 2.66. The summed E-state index contributed by atoms with van der Waals surface area (Å²) in [5.74, 6) is 0.300. The highest BCUT2D eigenvalue weighted by Gasteiger charge is 2.19. The summed E-state index contributed by atoms with van der Waals surface area (Å²) in [5, 5.41) is 3.22. The van der Waals surface area contributed by atoms with Gasteiger partial charge in [-0.05, 0) is 49.1 Å². The minimum Gasteiger partial charge on any atom is -0.497 e. The maximum absolute atomic E-state index is 14.3. The zero-order valence-corrected chi connectivity index (χ0v) is 12.4. The molecule has 2 aromatic carbocycles. The Morgan fingerprint density at radius 2 is 1.90 bits per heavy atom. The molecule has 1 atom stereocenters. The molecule has 1 aliphatic rings. The molecular formula is C18H20FNO. The van der Waals surface area contributed by atoms with E-state index in [2.05, 4.69) is 23.5 Å². The number of aryl methyl sites for hydroxylation is 2. The average molecular weight is 285 g/mol. The van der Waals surface area contributed by atoms with Gasteiger partial charge in [0, 0.05) is 11.6 Å². The minimum atomic E-state index is -0.241. The Hall–Kier alpha value is -1.87. The van der Waals surface area contributed by atoms with Gasteiger partial charge in [-0.3, -0.25) is 0 Å². The minimum absolute atomic E-state index is 0.137. The molecule has 0 amide bonds. The van der Waals surface area contributed by atoms with Gasteiger partial charge in [0.25, 0.3) is 0 Å². The first kappa shape index (κ1) is 14.1. The average Bonchev–Trinajstić information content (AvgIpc) is 2.97. The second-order valence-corrected chi connectivity index (χ2v) is 5.49. The van der Waals surface area contributed by atoms with Crippen molar-refractivity contribution in [3.05, 3.63) is 64.5 Å². The van der Waals surface area contributed by atoms with Crippen LogP contribution in [0.1, 0.15) is 34.7 Å². The lowest BCUT2D eigenvalue weighted by molar-refractivity contribution is 0.410. The third-order valence-corrected chi connectivity index (χ3v) is 4.26. The summed E-state index contributed by atoms with van der Waals surface area (Å²) in [7, 11) is 3.41. The summed E-state index contributed by atoms with van der Waals surface area (Å²) < 4.78 is 19.4. The number of methoxy groups -OCH3 is 1. The molecule has 110 valence electrons. The quantitative estimate of drug-likeness (QED) is 0.926. The monoisotopic (exact) mass is 285 g/mol. The van der Waals surface area contributed by atoms with Crippen LogP contribution in [0.4, 0.5) is 4.39 Å². The summed E-state index contributed by atoms with van der Waals surface area (Å²) in [6, 6.07) is 11.4. The fraction of sp³-hybridized carbons (Fsp3) is 0.333. The maximum Gasteiger partial charge on any atom is 0.132 e. The van der Waals surface area contributed by atoms with Gasteiger partial charge in [0.2, 0.25) is 0 Å². The number of fused-ring (bicyclic) bond motifs is 1. The molecule has 0 saturated carbocycles. The SMILES string of the molecule is CNC(c1ccc2c(c1)CCC2)c1ccc(OC)cc1F. The number of hydrogen-bond donors (Lipinski definition) is 1. The molecule has 2 nitrogen and oxygen atoms in total. The van der Waals surface area contributed by atoms with Crippen molar-refractivity contribution in [2.45, 2.75) is 25.3 Å². The predicted octanol–water partition coefficient (Wildman–Crippen LogP) is 3.63. The highest BCUT2D eigenvalue weighted by molar-refractivity contribution is 5.41. The Labute approximate surface area is 125 Å². The number of ether oxygens (including phenoxy) is 1. The van der Waals surface area contributed by atoms with Crippen molar-refractivity contribution in [2.24, 2.45) is 0 Å². The summed E-state index contributed by atoms with van der Waals surface area (Å²) in [6.45, 7) is 0. The van der Waals surface area contributed by atoms with E-state index >= 15 is 0 Å². The van der Waals surface area contributed by atoms with Crippen molar-refractivity contribution >= 4 is 0 Å². The molecule has 2 aromatic rings. The topological polar surface area (TPSA) is 21.3 Å². The summed E-state index contributed by atoms with van der Waals surface area (Å²) >= 11 is 0. The molecule has 1 aliphatic carbocycles. The number of benzene rings is 2. The Morgan fingerprint density at radius 3 is 2.62 bits per heavy atom. The van der Waals surface area contributed by atoms with E-state index < -0.39 is 0 Å². The number of halogens is 1. The van der Waals surface area contributed by atoms with E-state index in [-0.39, 0.29) is 11.9 Å². The van der Waals surface area contributed by atoms with Crippen molar-refractivity contribution in [3.63, 3.8) is 0 Å². The molecule has 3 rings (SSSR count). The standard InChI is InChI=1S/C18H20FNO/c1-20-18(16-9-8-15(21-2)11-17(16)19)14-7-6-12-4-3-5-13(12)10-14/h6-11,18,20H,3-5H2,1-2H3. The Bertz CT molecular complexity index is 654. The van der Waals surface area contributed by atoms with Gasteiger partial charge in [0.05, 0.1) is 13.2 Å². The molecule has 0 bridgehead atoms. The second-order valence-electron chi connectivity index (χ2n) is 5.49. The van der Waals surface area contributed by atoms with Crippen molar-refractivity contribution in [1.29, 1.82) is 0 Å². The molecule has 0 heterocycles. The van der Waals surface area contributed by atoms with E-state index in [0.29, 0.717) is 11.3 Å². The highest BCUT2D eigenvalue weighted by atomic mass is 19.1. The van der Waals surface area contributed by atoms with Crippen LogP contribution in [0.15, 0.2) is 36.4 Å². The van der Waals surface area contributed by atoms with Gasteiger partial charge in [-0.15, -0.1) is 0 Å². The zero-order chi connectivity index (χ0) is 14.8. The van der Waals surface area contributed by atoms with Crippen LogP contribution in [0.3, 0.4) is 0 Å². The van der Waals surface area contributed by atoms with Gasteiger partial charge < -0.3 is 10.1 Å².